The van der Waals surface area contributed by atoms with E-state index in [0.29, 0.717) is 18.7 Å². The molecule has 0 unspecified atom stereocenters. The van der Waals surface area contributed by atoms with Crippen LogP contribution in [0.15, 0.2) is 42.5 Å². The summed E-state index contributed by atoms with van der Waals surface area (Å²) in [6.45, 7) is 1.15. The number of aromatic carboxylic acids is 2. The van der Waals surface area contributed by atoms with Crippen LogP contribution in [0.4, 0.5) is 5.69 Å². The summed E-state index contributed by atoms with van der Waals surface area (Å²) >= 11 is 0. The van der Waals surface area contributed by atoms with E-state index < -0.39 is 11.9 Å². The summed E-state index contributed by atoms with van der Waals surface area (Å²) in [6.07, 6.45) is 0. The standard InChI is InChI=1S/C16H13NO4/c18-15(19)10-4-6-12(7-5-10)17-8-11-2-1-3-13(16(20)21)14(11)9-17/h1-7H,8-9H2,(H,18,19)(H,20,21). The summed E-state index contributed by atoms with van der Waals surface area (Å²) in [7, 11) is 0. The van der Waals surface area contributed by atoms with Crippen molar-refractivity contribution in [1.29, 1.82) is 0 Å². The second-order valence-electron chi connectivity index (χ2n) is 4.96. The minimum atomic E-state index is -0.959. The molecule has 0 saturated carbocycles. The van der Waals surface area contributed by atoms with Crippen LogP contribution in [0.5, 0.6) is 0 Å². The Bertz CT molecular complexity index is 722. The maximum absolute atomic E-state index is 11.2. The molecule has 0 atom stereocenters. The van der Waals surface area contributed by atoms with Gasteiger partial charge in [-0.15, -0.1) is 0 Å². The highest BCUT2D eigenvalue weighted by molar-refractivity contribution is 5.90. The van der Waals surface area contributed by atoms with Crippen LogP contribution in [0.3, 0.4) is 0 Å². The lowest BCUT2D eigenvalue weighted by Crippen LogP contribution is -2.15. The third-order valence-electron chi connectivity index (χ3n) is 3.69. The minimum absolute atomic E-state index is 0.238. The van der Waals surface area contributed by atoms with Crippen LogP contribution in [0.1, 0.15) is 31.8 Å². The zero-order valence-corrected chi connectivity index (χ0v) is 11.1. The number of hydrogen-bond acceptors (Lipinski definition) is 3. The fraction of sp³-hybridized carbons (Fsp3) is 0.125. The predicted molar refractivity (Wildman–Crippen MR) is 76.7 cm³/mol. The molecule has 1 heterocycles. The van der Waals surface area contributed by atoms with E-state index in [9.17, 15) is 14.7 Å². The first-order chi connectivity index (χ1) is 10.1. The van der Waals surface area contributed by atoms with Gasteiger partial charge in [0, 0.05) is 18.8 Å². The summed E-state index contributed by atoms with van der Waals surface area (Å²) in [5, 5.41) is 18.1. The lowest BCUT2D eigenvalue weighted by atomic mass is 10.0. The van der Waals surface area contributed by atoms with Crippen LogP contribution in [0, 0.1) is 0 Å². The van der Waals surface area contributed by atoms with Crippen molar-refractivity contribution >= 4 is 17.6 Å². The maximum Gasteiger partial charge on any atom is 0.336 e. The number of carboxylic acids is 2. The number of rotatable bonds is 3. The Balaban J connectivity index is 1.89. The summed E-state index contributed by atoms with van der Waals surface area (Å²) in [6, 6.07) is 11.9. The van der Waals surface area contributed by atoms with Crippen LogP contribution in [-0.2, 0) is 13.1 Å². The lowest BCUT2D eigenvalue weighted by molar-refractivity contribution is 0.0685. The van der Waals surface area contributed by atoms with Crippen molar-refractivity contribution in [2.45, 2.75) is 13.1 Å². The number of hydrogen-bond donors (Lipinski definition) is 2. The van der Waals surface area contributed by atoms with Gasteiger partial charge in [-0.05, 0) is 41.5 Å². The number of benzene rings is 2. The largest absolute Gasteiger partial charge is 0.478 e. The quantitative estimate of drug-likeness (QED) is 0.905. The van der Waals surface area contributed by atoms with E-state index in [0.717, 1.165) is 16.8 Å². The first kappa shape index (κ1) is 13.2. The molecule has 5 nitrogen and oxygen atoms in total. The fourth-order valence-corrected chi connectivity index (χ4v) is 2.62. The zero-order chi connectivity index (χ0) is 15.0. The van der Waals surface area contributed by atoms with Gasteiger partial charge in [-0.3, -0.25) is 0 Å². The van der Waals surface area contributed by atoms with Crippen LogP contribution in [0.25, 0.3) is 0 Å². The first-order valence-corrected chi connectivity index (χ1v) is 6.48. The maximum atomic E-state index is 11.2. The normalized spacial score (nSPS) is 13.0. The molecule has 0 bridgehead atoms. The number of anilines is 1. The number of fused-ring (bicyclic) bond motifs is 1. The number of carboxylic acid groups (broad SMARTS) is 2. The van der Waals surface area contributed by atoms with Crippen LogP contribution >= 0.6 is 0 Å². The van der Waals surface area contributed by atoms with E-state index in [2.05, 4.69) is 0 Å². The third-order valence-corrected chi connectivity index (χ3v) is 3.69. The molecule has 2 aromatic carbocycles. The van der Waals surface area contributed by atoms with Gasteiger partial charge < -0.3 is 15.1 Å². The highest BCUT2D eigenvalue weighted by atomic mass is 16.4. The molecule has 0 spiro atoms. The van der Waals surface area contributed by atoms with E-state index in [4.69, 9.17) is 5.11 Å². The Morgan fingerprint density at radius 2 is 1.62 bits per heavy atom. The van der Waals surface area contributed by atoms with Gasteiger partial charge in [-0.1, -0.05) is 12.1 Å². The summed E-state index contributed by atoms with van der Waals surface area (Å²) in [5.74, 6) is -1.88. The number of nitrogens with zero attached hydrogens (tertiary/aromatic N) is 1. The predicted octanol–water partition coefficient (Wildman–Crippen LogP) is 2.60. The first-order valence-electron chi connectivity index (χ1n) is 6.48. The molecule has 1 aliphatic heterocycles. The van der Waals surface area contributed by atoms with Crippen LogP contribution in [0.2, 0.25) is 0 Å². The van der Waals surface area contributed by atoms with E-state index in [1.807, 2.05) is 11.0 Å². The summed E-state index contributed by atoms with van der Waals surface area (Å²) in [5.41, 5.74) is 3.27. The van der Waals surface area contributed by atoms with Gasteiger partial charge >= 0.3 is 11.9 Å². The van der Waals surface area contributed by atoms with Gasteiger partial charge in [0.1, 0.15) is 0 Å². The van der Waals surface area contributed by atoms with E-state index in [1.165, 1.54) is 0 Å². The van der Waals surface area contributed by atoms with Crippen molar-refractivity contribution in [3.63, 3.8) is 0 Å². The Morgan fingerprint density at radius 1 is 0.905 bits per heavy atom. The molecule has 106 valence electrons. The Hall–Kier alpha value is -2.82. The average Bonchev–Trinajstić information content (AvgIpc) is 2.90. The summed E-state index contributed by atoms with van der Waals surface area (Å²) in [4.78, 5) is 24.1. The van der Waals surface area contributed by atoms with Crippen LogP contribution in [-0.4, -0.2) is 22.2 Å². The minimum Gasteiger partial charge on any atom is -0.478 e. The molecule has 5 heteroatoms. The Kier molecular flexibility index (Phi) is 3.10. The van der Waals surface area contributed by atoms with Crippen molar-refractivity contribution in [3.8, 4) is 0 Å². The van der Waals surface area contributed by atoms with Gasteiger partial charge in [-0.2, -0.15) is 0 Å². The molecule has 1 aliphatic rings. The average molecular weight is 283 g/mol. The summed E-state index contributed by atoms with van der Waals surface area (Å²) < 4.78 is 0. The smallest absolute Gasteiger partial charge is 0.336 e. The molecule has 0 radical (unpaired) electrons. The van der Waals surface area contributed by atoms with Gasteiger partial charge in [0.05, 0.1) is 11.1 Å². The van der Waals surface area contributed by atoms with Crippen molar-refractivity contribution in [2.24, 2.45) is 0 Å². The molecule has 0 fully saturated rings. The molecule has 2 N–H and O–H groups in total. The van der Waals surface area contributed by atoms with Gasteiger partial charge in [-0.25, -0.2) is 9.59 Å². The van der Waals surface area contributed by atoms with Gasteiger partial charge in [0.15, 0.2) is 0 Å². The van der Waals surface area contributed by atoms with E-state index in [1.54, 1.807) is 36.4 Å². The van der Waals surface area contributed by atoms with E-state index in [-0.39, 0.29) is 5.56 Å². The second kappa shape index (κ2) is 4.94. The van der Waals surface area contributed by atoms with Crippen molar-refractivity contribution in [1.82, 2.24) is 0 Å². The number of carbonyl (C=O) groups is 2. The molecule has 3 rings (SSSR count). The Labute approximate surface area is 121 Å². The van der Waals surface area contributed by atoms with Crippen molar-refractivity contribution < 1.29 is 19.8 Å². The zero-order valence-electron chi connectivity index (χ0n) is 11.1. The lowest BCUT2D eigenvalue weighted by Gasteiger charge is -2.17. The molecule has 0 aliphatic carbocycles. The highest BCUT2D eigenvalue weighted by Crippen LogP contribution is 2.30. The molecule has 21 heavy (non-hydrogen) atoms. The monoisotopic (exact) mass is 283 g/mol. The topological polar surface area (TPSA) is 77.8 Å². The SMILES string of the molecule is O=C(O)c1ccc(N2Cc3cccc(C(=O)O)c3C2)cc1. The molecule has 0 aromatic heterocycles. The molecular weight excluding hydrogens is 270 g/mol. The highest BCUT2D eigenvalue weighted by Gasteiger charge is 2.24. The fourth-order valence-electron chi connectivity index (χ4n) is 2.62. The van der Waals surface area contributed by atoms with Crippen molar-refractivity contribution in [3.05, 3.63) is 64.7 Å². The van der Waals surface area contributed by atoms with Gasteiger partial charge in [0.25, 0.3) is 0 Å². The van der Waals surface area contributed by atoms with Crippen molar-refractivity contribution in [2.75, 3.05) is 4.90 Å². The van der Waals surface area contributed by atoms with Gasteiger partial charge in [0.2, 0.25) is 0 Å². The Morgan fingerprint density at radius 3 is 2.24 bits per heavy atom. The third kappa shape index (κ3) is 2.33. The molecule has 0 amide bonds. The molecular formula is C16H13NO4. The van der Waals surface area contributed by atoms with E-state index >= 15 is 0 Å². The van der Waals surface area contributed by atoms with Crippen LogP contribution < -0.4 is 4.90 Å². The molecule has 2 aromatic rings. The second-order valence-corrected chi connectivity index (χ2v) is 4.96. The molecule has 0 saturated heterocycles.